The van der Waals surface area contributed by atoms with Gasteiger partial charge in [-0.25, -0.2) is 8.42 Å². The van der Waals surface area contributed by atoms with Gasteiger partial charge in [-0.15, -0.1) is 0 Å². The molecule has 3 aromatic carbocycles. The van der Waals surface area contributed by atoms with Gasteiger partial charge in [0.2, 0.25) is 15.9 Å². The first-order valence-corrected chi connectivity index (χ1v) is 13.3. The summed E-state index contributed by atoms with van der Waals surface area (Å²) < 4.78 is 30.1. The van der Waals surface area contributed by atoms with E-state index in [1.165, 1.54) is 0 Å². The van der Waals surface area contributed by atoms with Crippen molar-refractivity contribution in [3.63, 3.8) is 0 Å². The zero-order valence-electron chi connectivity index (χ0n) is 20.5. The first-order valence-electron chi connectivity index (χ1n) is 11.8. The number of anilines is 2. The Balaban J connectivity index is 1.67. The van der Waals surface area contributed by atoms with E-state index in [0.29, 0.717) is 24.9 Å². The smallest absolute Gasteiger partial charge is 0.245 e. The Morgan fingerprint density at radius 2 is 1.78 bits per heavy atom. The van der Waals surface area contributed by atoms with Gasteiger partial charge in [0.1, 0.15) is 6.04 Å². The lowest BCUT2D eigenvalue weighted by molar-refractivity contribution is -0.120. The predicted molar refractivity (Wildman–Crippen MR) is 145 cm³/mol. The standard InChI is InChI=1S/C26H32N6O3S/c1-31(2)23-13-5-10-20-19(23)9-6-14-24(20)36(34,35)30-21(11-7-16-29-26(27)28)25(33)32-17-15-18-8-3-4-12-22(18)32/h3-6,8-10,12-14,21,30H,7,11,15-17H2,1-2H3,(H4,27,28,29). The summed E-state index contributed by atoms with van der Waals surface area (Å²) in [6.07, 6.45) is 1.42. The highest BCUT2D eigenvalue weighted by molar-refractivity contribution is 7.89. The van der Waals surface area contributed by atoms with Crippen LogP contribution in [0.25, 0.3) is 10.8 Å². The maximum atomic E-state index is 13.7. The van der Waals surface area contributed by atoms with Crippen LogP contribution in [-0.2, 0) is 21.2 Å². The summed E-state index contributed by atoms with van der Waals surface area (Å²) in [5, 5.41) is 1.41. The quantitative estimate of drug-likeness (QED) is 0.230. The number of nitrogens with zero attached hydrogens (tertiary/aromatic N) is 3. The van der Waals surface area contributed by atoms with Crippen molar-refractivity contribution in [1.29, 1.82) is 0 Å². The first kappa shape index (κ1) is 25.5. The molecular formula is C26H32N6O3S. The molecule has 0 bridgehead atoms. The number of amides is 1. The Kier molecular flexibility index (Phi) is 7.46. The third kappa shape index (κ3) is 5.29. The zero-order chi connectivity index (χ0) is 25.9. The van der Waals surface area contributed by atoms with Gasteiger partial charge >= 0.3 is 0 Å². The van der Waals surface area contributed by atoms with E-state index < -0.39 is 16.1 Å². The second kappa shape index (κ2) is 10.5. The molecule has 1 atom stereocenters. The van der Waals surface area contributed by atoms with Crippen molar-refractivity contribution in [3.05, 3.63) is 66.2 Å². The highest BCUT2D eigenvalue weighted by Gasteiger charge is 2.33. The molecule has 190 valence electrons. The predicted octanol–water partition coefficient (Wildman–Crippen LogP) is 2.20. The Morgan fingerprint density at radius 1 is 1.06 bits per heavy atom. The van der Waals surface area contributed by atoms with Gasteiger partial charge in [-0.3, -0.25) is 9.79 Å². The molecule has 10 heteroatoms. The Bertz CT molecular complexity index is 1400. The molecule has 0 fully saturated rings. The lowest BCUT2D eigenvalue weighted by Gasteiger charge is -2.25. The summed E-state index contributed by atoms with van der Waals surface area (Å²) >= 11 is 0. The van der Waals surface area contributed by atoms with Crippen molar-refractivity contribution in [1.82, 2.24) is 4.72 Å². The molecule has 0 radical (unpaired) electrons. The number of guanidine groups is 1. The zero-order valence-corrected chi connectivity index (χ0v) is 21.3. The Hall–Kier alpha value is -3.63. The summed E-state index contributed by atoms with van der Waals surface area (Å²) in [5.41, 5.74) is 13.6. The average molecular weight is 509 g/mol. The first-order chi connectivity index (χ1) is 17.2. The molecule has 0 saturated carbocycles. The van der Waals surface area contributed by atoms with Crippen LogP contribution in [0.1, 0.15) is 18.4 Å². The monoisotopic (exact) mass is 508 g/mol. The van der Waals surface area contributed by atoms with Crippen molar-refractivity contribution >= 4 is 44.0 Å². The number of rotatable bonds is 9. The van der Waals surface area contributed by atoms with Gasteiger partial charge < -0.3 is 21.3 Å². The Labute approximate surface area is 211 Å². The molecule has 1 aliphatic heterocycles. The van der Waals surface area contributed by atoms with Crippen LogP contribution in [0.4, 0.5) is 11.4 Å². The summed E-state index contributed by atoms with van der Waals surface area (Å²) in [7, 11) is -0.215. The minimum absolute atomic E-state index is 0.0422. The second-order valence-corrected chi connectivity index (χ2v) is 10.7. The van der Waals surface area contributed by atoms with E-state index in [-0.39, 0.29) is 23.2 Å². The number of nitrogens with one attached hydrogen (secondary N) is 1. The number of fused-ring (bicyclic) bond motifs is 2. The molecule has 36 heavy (non-hydrogen) atoms. The fraction of sp³-hybridized carbons (Fsp3) is 0.308. The van der Waals surface area contributed by atoms with Gasteiger partial charge in [-0.2, -0.15) is 4.72 Å². The number of aliphatic imine (C=N–C) groups is 1. The molecule has 3 aromatic rings. The van der Waals surface area contributed by atoms with Crippen LogP contribution in [0.2, 0.25) is 0 Å². The van der Waals surface area contributed by atoms with Crippen molar-refractivity contribution in [2.75, 3.05) is 37.0 Å². The van der Waals surface area contributed by atoms with E-state index in [9.17, 15) is 13.2 Å². The van der Waals surface area contributed by atoms with Crippen molar-refractivity contribution in [2.24, 2.45) is 16.5 Å². The maximum absolute atomic E-state index is 13.7. The molecule has 1 amide bonds. The van der Waals surface area contributed by atoms with E-state index in [4.69, 9.17) is 11.5 Å². The van der Waals surface area contributed by atoms with Crippen LogP contribution in [-0.4, -0.2) is 53.5 Å². The van der Waals surface area contributed by atoms with E-state index in [2.05, 4.69) is 9.71 Å². The van der Waals surface area contributed by atoms with E-state index >= 15 is 0 Å². The normalized spacial score (nSPS) is 13.9. The lowest BCUT2D eigenvalue weighted by atomic mass is 10.1. The third-order valence-electron chi connectivity index (χ3n) is 6.32. The summed E-state index contributed by atoms with van der Waals surface area (Å²) in [4.78, 5) is 21.4. The number of benzene rings is 3. The van der Waals surface area contributed by atoms with Crippen LogP contribution in [0.3, 0.4) is 0 Å². The Morgan fingerprint density at radius 3 is 2.53 bits per heavy atom. The van der Waals surface area contributed by atoms with Crippen LogP contribution in [0, 0.1) is 0 Å². The molecule has 1 unspecified atom stereocenters. The van der Waals surface area contributed by atoms with Crippen molar-refractivity contribution in [3.8, 4) is 0 Å². The number of hydrogen-bond donors (Lipinski definition) is 3. The number of hydrogen-bond acceptors (Lipinski definition) is 5. The van der Waals surface area contributed by atoms with Gasteiger partial charge in [0.25, 0.3) is 0 Å². The SMILES string of the molecule is CN(C)c1cccc2c(S(=O)(=O)NC(CCCN=C(N)N)C(=O)N3CCc4ccccc43)cccc12. The van der Waals surface area contributed by atoms with E-state index in [0.717, 1.165) is 28.7 Å². The molecule has 5 N–H and O–H groups in total. The molecule has 0 aliphatic carbocycles. The van der Waals surface area contributed by atoms with Gasteiger partial charge in [0.05, 0.1) is 4.90 Å². The molecule has 9 nitrogen and oxygen atoms in total. The van der Waals surface area contributed by atoms with Crippen LogP contribution in [0.5, 0.6) is 0 Å². The highest BCUT2D eigenvalue weighted by Crippen LogP contribution is 2.31. The molecule has 1 aliphatic rings. The summed E-state index contributed by atoms with van der Waals surface area (Å²) in [6, 6.07) is 17.4. The van der Waals surface area contributed by atoms with Gasteiger partial charge in [0, 0.05) is 49.3 Å². The largest absolute Gasteiger partial charge is 0.377 e. The van der Waals surface area contributed by atoms with Crippen molar-refractivity contribution in [2.45, 2.75) is 30.2 Å². The molecule has 0 saturated heterocycles. The van der Waals surface area contributed by atoms with E-state index in [1.54, 1.807) is 23.1 Å². The molecule has 0 aromatic heterocycles. The number of carbonyl (C=O) groups is 1. The fourth-order valence-electron chi connectivity index (χ4n) is 4.63. The third-order valence-corrected chi connectivity index (χ3v) is 7.85. The number of nitrogens with two attached hydrogens (primary N) is 2. The molecule has 1 heterocycles. The highest BCUT2D eigenvalue weighted by atomic mass is 32.2. The van der Waals surface area contributed by atoms with Crippen molar-refractivity contribution < 1.29 is 13.2 Å². The average Bonchev–Trinajstić information content (AvgIpc) is 3.28. The summed E-state index contributed by atoms with van der Waals surface area (Å²) in [6.45, 7) is 0.801. The maximum Gasteiger partial charge on any atom is 0.245 e. The molecule has 0 spiro atoms. The van der Waals surface area contributed by atoms with Crippen LogP contribution in [0.15, 0.2) is 70.6 Å². The van der Waals surface area contributed by atoms with Gasteiger partial charge in [-0.1, -0.05) is 42.5 Å². The van der Waals surface area contributed by atoms with Gasteiger partial charge in [0.15, 0.2) is 5.96 Å². The lowest BCUT2D eigenvalue weighted by Crippen LogP contribution is -2.48. The summed E-state index contributed by atoms with van der Waals surface area (Å²) in [5.74, 6) is -0.332. The number of carbonyl (C=O) groups excluding carboxylic acids is 1. The second-order valence-electron chi connectivity index (χ2n) is 9.01. The van der Waals surface area contributed by atoms with Crippen LogP contribution >= 0.6 is 0 Å². The minimum Gasteiger partial charge on any atom is -0.377 e. The number of para-hydroxylation sites is 1. The minimum atomic E-state index is -4.04. The van der Waals surface area contributed by atoms with Gasteiger partial charge in [-0.05, 0) is 43.0 Å². The van der Waals surface area contributed by atoms with Crippen LogP contribution < -0.4 is 26.0 Å². The molecular weight excluding hydrogens is 476 g/mol. The number of sulfonamides is 1. The molecule has 4 rings (SSSR count). The topological polar surface area (TPSA) is 134 Å². The fourth-order valence-corrected chi connectivity index (χ4v) is 6.08. The van der Waals surface area contributed by atoms with E-state index in [1.807, 2.05) is 61.5 Å².